The molecule has 11 rings (SSSR count). The van der Waals surface area contributed by atoms with Gasteiger partial charge in [0.15, 0.2) is 0 Å². The Hall–Kier alpha value is -7.42. The third-order valence-corrected chi connectivity index (χ3v) is 11.8. The molecule has 0 amide bonds. The second-order valence-electron chi connectivity index (χ2n) is 14.9. The van der Waals surface area contributed by atoms with Crippen molar-refractivity contribution in [2.24, 2.45) is 0 Å². The topological polar surface area (TPSA) is 8.17 Å². The van der Waals surface area contributed by atoms with Crippen molar-refractivity contribution in [2.75, 3.05) is 4.90 Å². The minimum atomic E-state index is -0.439. The van der Waals surface area contributed by atoms with Gasteiger partial charge in [-0.15, -0.1) is 0 Å². The molecule has 57 heavy (non-hydrogen) atoms. The fourth-order valence-corrected chi connectivity index (χ4v) is 9.43. The Labute approximate surface area is 333 Å². The maximum atomic E-state index is 2.41. The van der Waals surface area contributed by atoms with E-state index < -0.39 is 5.41 Å². The van der Waals surface area contributed by atoms with Crippen LogP contribution in [0.1, 0.15) is 22.3 Å². The third kappa shape index (κ3) is 5.18. The normalized spacial score (nSPS) is 12.7. The van der Waals surface area contributed by atoms with Gasteiger partial charge >= 0.3 is 0 Å². The van der Waals surface area contributed by atoms with E-state index in [1.54, 1.807) is 0 Å². The van der Waals surface area contributed by atoms with Crippen molar-refractivity contribution >= 4 is 38.9 Å². The minimum Gasteiger partial charge on any atom is -0.310 e. The highest BCUT2D eigenvalue weighted by atomic mass is 15.1. The van der Waals surface area contributed by atoms with Gasteiger partial charge in [-0.05, 0) is 105 Å². The van der Waals surface area contributed by atoms with Crippen LogP contribution in [0.2, 0.25) is 0 Å². The monoisotopic (exact) mass is 726 g/mol. The molecule has 1 aliphatic carbocycles. The molecule has 0 radical (unpaired) electrons. The standard InChI is InChI=1S/C55H38N2/c1-5-19-41(20-6-1)55(42-21-7-2-8-22-42)51-30-15-13-28-47(51)50-38-46(33-35-52(50)55)56(43-23-9-3-10-24-43)45-27-17-18-39(36-45)40-32-34-49-48-29-14-16-31-53(48)57(54(49)37-40)44-25-11-4-12-26-44/h1-38H. The summed E-state index contributed by atoms with van der Waals surface area (Å²) in [5.41, 5.74) is 16.5. The zero-order valence-electron chi connectivity index (χ0n) is 31.3. The van der Waals surface area contributed by atoms with E-state index in [4.69, 9.17) is 0 Å². The van der Waals surface area contributed by atoms with Gasteiger partial charge in [-0.25, -0.2) is 0 Å². The summed E-state index contributed by atoms with van der Waals surface area (Å²) < 4.78 is 2.39. The van der Waals surface area contributed by atoms with Crippen LogP contribution in [0.5, 0.6) is 0 Å². The van der Waals surface area contributed by atoms with Crippen molar-refractivity contribution in [3.05, 3.63) is 253 Å². The number of fused-ring (bicyclic) bond motifs is 6. The summed E-state index contributed by atoms with van der Waals surface area (Å²) in [6.45, 7) is 0. The summed E-state index contributed by atoms with van der Waals surface area (Å²) in [6, 6.07) is 84.1. The predicted octanol–water partition coefficient (Wildman–Crippen LogP) is 14.3. The second kappa shape index (κ2) is 13.4. The molecule has 0 atom stereocenters. The molecule has 0 unspecified atom stereocenters. The van der Waals surface area contributed by atoms with Gasteiger partial charge in [0, 0.05) is 33.5 Å². The Kier molecular flexibility index (Phi) is 7.75. The lowest BCUT2D eigenvalue weighted by atomic mass is 9.68. The number of anilines is 3. The first-order valence-corrected chi connectivity index (χ1v) is 19.7. The fourth-order valence-electron chi connectivity index (χ4n) is 9.43. The molecule has 0 bridgehead atoms. The van der Waals surface area contributed by atoms with E-state index in [-0.39, 0.29) is 0 Å². The van der Waals surface area contributed by atoms with Crippen molar-refractivity contribution in [1.82, 2.24) is 4.57 Å². The Balaban J connectivity index is 1.09. The zero-order valence-corrected chi connectivity index (χ0v) is 31.3. The van der Waals surface area contributed by atoms with Crippen LogP contribution in [0.4, 0.5) is 17.1 Å². The van der Waals surface area contributed by atoms with Crippen LogP contribution in [0.3, 0.4) is 0 Å². The summed E-state index contributed by atoms with van der Waals surface area (Å²) in [4.78, 5) is 2.40. The van der Waals surface area contributed by atoms with Crippen LogP contribution in [-0.2, 0) is 5.41 Å². The Morgan fingerprint density at radius 2 is 0.895 bits per heavy atom. The lowest BCUT2D eigenvalue weighted by Crippen LogP contribution is -2.28. The molecule has 9 aromatic carbocycles. The Bertz CT molecular complexity index is 3020. The highest BCUT2D eigenvalue weighted by Crippen LogP contribution is 2.57. The van der Waals surface area contributed by atoms with Crippen LogP contribution in [0.25, 0.3) is 49.7 Å². The summed E-state index contributed by atoms with van der Waals surface area (Å²) in [6.07, 6.45) is 0. The number of benzene rings is 9. The maximum absolute atomic E-state index is 2.41. The van der Waals surface area contributed by atoms with Crippen molar-refractivity contribution in [3.63, 3.8) is 0 Å². The average Bonchev–Trinajstić information content (AvgIpc) is 3.78. The molecule has 2 heteroatoms. The maximum Gasteiger partial charge on any atom is 0.0713 e. The van der Waals surface area contributed by atoms with Crippen molar-refractivity contribution in [3.8, 4) is 27.9 Å². The largest absolute Gasteiger partial charge is 0.310 e. The van der Waals surface area contributed by atoms with Crippen LogP contribution in [0, 0.1) is 0 Å². The van der Waals surface area contributed by atoms with Crippen molar-refractivity contribution in [1.29, 1.82) is 0 Å². The summed E-state index contributed by atoms with van der Waals surface area (Å²) in [5, 5.41) is 2.51. The van der Waals surface area contributed by atoms with E-state index in [1.165, 1.54) is 66.3 Å². The molecule has 0 aliphatic heterocycles. The number of aromatic nitrogens is 1. The minimum absolute atomic E-state index is 0.439. The third-order valence-electron chi connectivity index (χ3n) is 11.8. The number of hydrogen-bond donors (Lipinski definition) is 0. The zero-order chi connectivity index (χ0) is 37.8. The van der Waals surface area contributed by atoms with Crippen LogP contribution >= 0.6 is 0 Å². The molecule has 0 N–H and O–H groups in total. The second-order valence-corrected chi connectivity index (χ2v) is 14.9. The van der Waals surface area contributed by atoms with Gasteiger partial charge in [0.25, 0.3) is 0 Å². The number of rotatable bonds is 7. The lowest BCUT2D eigenvalue weighted by molar-refractivity contribution is 0.768. The highest BCUT2D eigenvalue weighted by Gasteiger charge is 2.46. The van der Waals surface area contributed by atoms with Gasteiger partial charge in [0.05, 0.1) is 16.4 Å². The van der Waals surface area contributed by atoms with Gasteiger partial charge in [-0.3, -0.25) is 0 Å². The number of nitrogens with zero attached hydrogens (tertiary/aromatic N) is 2. The van der Waals surface area contributed by atoms with Gasteiger partial charge in [0.2, 0.25) is 0 Å². The Morgan fingerprint density at radius 3 is 1.65 bits per heavy atom. The first-order chi connectivity index (χ1) is 28.3. The van der Waals surface area contributed by atoms with Crippen LogP contribution < -0.4 is 4.90 Å². The van der Waals surface area contributed by atoms with E-state index >= 15 is 0 Å². The highest BCUT2D eigenvalue weighted by molar-refractivity contribution is 6.10. The smallest absolute Gasteiger partial charge is 0.0713 e. The van der Waals surface area contributed by atoms with E-state index in [0.29, 0.717) is 0 Å². The molecule has 0 saturated carbocycles. The van der Waals surface area contributed by atoms with E-state index in [0.717, 1.165) is 22.7 Å². The van der Waals surface area contributed by atoms with E-state index in [1.807, 2.05) is 0 Å². The quantitative estimate of drug-likeness (QED) is 0.159. The van der Waals surface area contributed by atoms with Gasteiger partial charge in [0.1, 0.15) is 0 Å². The molecule has 268 valence electrons. The summed E-state index contributed by atoms with van der Waals surface area (Å²) in [5.74, 6) is 0. The lowest BCUT2D eigenvalue weighted by Gasteiger charge is -2.34. The number of hydrogen-bond acceptors (Lipinski definition) is 1. The van der Waals surface area contributed by atoms with E-state index in [2.05, 4.69) is 240 Å². The van der Waals surface area contributed by atoms with Crippen molar-refractivity contribution < 1.29 is 0 Å². The molecule has 10 aromatic rings. The Morgan fingerprint density at radius 1 is 0.333 bits per heavy atom. The average molecular weight is 727 g/mol. The molecule has 2 nitrogen and oxygen atoms in total. The summed E-state index contributed by atoms with van der Waals surface area (Å²) >= 11 is 0. The number of para-hydroxylation sites is 3. The SMILES string of the molecule is c1ccc(N(c2cccc(-c3ccc4c5ccccc5n(-c5ccccc5)c4c3)c2)c2ccc3c(c2)-c2ccccc2C3(c2ccccc2)c2ccccc2)cc1. The summed E-state index contributed by atoms with van der Waals surface area (Å²) in [7, 11) is 0. The predicted molar refractivity (Wildman–Crippen MR) is 238 cm³/mol. The van der Waals surface area contributed by atoms with Crippen LogP contribution in [0.15, 0.2) is 231 Å². The molecule has 1 aromatic heterocycles. The molecule has 0 spiro atoms. The first kappa shape index (κ1) is 33.0. The first-order valence-electron chi connectivity index (χ1n) is 19.7. The van der Waals surface area contributed by atoms with E-state index in [9.17, 15) is 0 Å². The van der Waals surface area contributed by atoms with Crippen LogP contribution in [-0.4, -0.2) is 4.57 Å². The van der Waals surface area contributed by atoms with Gasteiger partial charge < -0.3 is 9.47 Å². The molecule has 0 saturated heterocycles. The molecule has 0 fully saturated rings. The molecule has 1 aliphatic rings. The fraction of sp³-hybridized carbons (Fsp3) is 0.0182. The molecular formula is C55H38N2. The van der Waals surface area contributed by atoms with Gasteiger partial charge in [-0.2, -0.15) is 0 Å². The van der Waals surface area contributed by atoms with Gasteiger partial charge in [-0.1, -0.05) is 170 Å². The molecular weight excluding hydrogens is 689 g/mol. The molecule has 1 heterocycles. The van der Waals surface area contributed by atoms with Crippen molar-refractivity contribution in [2.45, 2.75) is 5.41 Å².